The number of para-hydroxylation sites is 2. The quantitative estimate of drug-likeness (QED) is 0.362. The monoisotopic (exact) mass is 730 g/mol. The predicted octanol–water partition coefficient (Wildman–Crippen LogP) is 4.28. The van der Waals surface area contributed by atoms with Crippen molar-refractivity contribution in [1.29, 1.82) is 0 Å². The number of rotatable bonds is 8. The van der Waals surface area contributed by atoms with Gasteiger partial charge >= 0.3 is 6.09 Å². The molecule has 252 valence electrons. The normalized spacial score (nSPS) is 15.8. The Morgan fingerprint density at radius 3 is 2.32 bits per heavy atom. The first kappa shape index (κ1) is 35.7. The summed E-state index contributed by atoms with van der Waals surface area (Å²) in [5.41, 5.74) is 0.507. The van der Waals surface area contributed by atoms with Gasteiger partial charge in [0.1, 0.15) is 29.2 Å². The Kier molecular flexibility index (Phi) is 10.6. The number of hydrogen-bond acceptors (Lipinski definition) is 8. The molecule has 0 aliphatic carbocycles. The number of sulfone groups is 1. The number of nitrogens with zero attached hydrogens (tertiary/aromatic N) is 3. The number of hydrogen-bond donors (Lipinski definition) is 1. The zero-order valence-corrected chi connectivity index (χ0v) is 29.8. The summed E-state index contributed by atoms with van der Waals surface area (Å²) < 4.78 is 36.3. The minimum atomic E-state index is -3.75. The SMILES string of the molecule is COc1ccc2c(Br)cccc2c1CN1C(=O)[C@@H](NC(=O)[C@H](C)N(C)C(=O)OC(C)(C)C)CN(C(=O)CS(C)(=O)=O)c2ccccc21. The molecule has 12 nitrogen and oxygen atoms in total. The predicted molar refractivity (Wildman–Crippen MR) is 183 cm³/mol. The van der Waals surface area contributed by atoms with Gasteiger partial charge in [-0.05, 0) is 68.8 Å². The Morgan fingerprint density at radius 2 is 1.70 bits per heavy atom. The van der Waals surface area contributed by atoms with Gasteiger partial charge in [-0.1, -0.05) is 40.2 Å². The van der Waals surface area contributed by atoms with Crippen LogP contribution in [0.4, 0.5) is 16.2 Å². The maximum Gasteiger partial charge on any atom is 0.410 e. The number of nitrogens with one attached hydrogen (secondary N) is 1. The number of carbonyl (C=O) groups is 4. The van der Waals surface area contributed by atoms with Crippen LogP contribution in [0.2, 0.25) is 0 Å². The van der Waals surface area contributed by atoms with E-state index in [2.05, 4.69) is 21.2 Å². The molecule has 0 unspecified atom stereocenters. The highest BCUT2D eigenvalue weighted by Crippen LogP contribution is 2.38. The first-order valence-electron chi connectivity index (χ1n) is 14.8. The number of fused-ring (bicyclic) bond motifs is 2. The molecule has 3 aromatic carbocycles. The molecule has 0 saturated heterocycles. The molecule has 14 heteroatoms. The van der Waals surface area contributed by atoms with Gasteiger partial charge < -0.3 is 24.6 Å². The lowest BCUT2D eigenvalue weighted by Gasteiger charge is -2.30. The van der Waals surface area contributed by atoms with Crippen molar-refractivity contribution in [3.63, 3.8) is 0 Å². The summed E-state index contributed by atoms with van der Waals surface area (Å²) in [7, 11) is -0.815. The van der Waals surface area contributed by atoms with Gasteiger partial charge in [-0.3, -0.25) is 19.3 Å². The second kappa shape index (κ2) is 13.9. The molecular weight excluding hydrogens is 692 g/mol. The average Bonchev–Trinajstić information content (AvgIpc) is 3.09. The summed E-state index contributed by atoms with van der Waals surface area (Å²) in [5.74, 6) is -2.28. The van der Waals surface area contributed by atoms with Crippen LogP contribution in [0, 0.1) is 0 Å². The number of anilines is 2. The Balaban J connectivity index is 1.81. The van der Waals surface area contributed by atoms with Crippen molar-refractivity contribution in [2.45, 2.75) is 51.9 Å². The second-order valence-corrected chi connectivity index (χ2v) is 15.4. The summed E-state index contributed by atoms with van der Waals surface area (Å²) in [5, 5.41) is 4.41. The largest absolute Gasteiger partial charge is 0.496 e. The molecule has 0 aromatic heterocycles. The van der Waals surface area contributed by atoms with Gasteiger partial charge in [-0.2, -0.15) is 0 Å². The van der Waals surface area contributed by atoms with Crippen LogP contribution in [-0.2, 0) is 35.5 Å². The third-order valence-electron chi connectivity index (χ3n) is 7.65. The van der Waals surface area contributed by atoms with E-state index < -0.39 is 57.1 Å². The lowest BCUT2D eigenvalue weighted by Crippen LogP contribution is -2.57. The minimum Gasteiger partial charge on any atom is -0.496 e. The van der Waals surface area contributed by atoms with Crippen LogP contribution in [0.15, 0.2) is 59.1 Å². The summed E-state index contributed by atoms with van der Waals surface area (Å²) in [4.78, 5) is 58.1. The third-order valence-corrected chi connectivity index (χ3v) is 9.11. The highest BCUT2D eigenvalue weighted by atomic mass is 79.9. The fraction of sp³-hybridized carbons (Fsp3) is 0.394. The van der Waals surface area contributed by atoms with Crippen LogP contribution in [0.3, 0.4) is 0 Å². The molecule has 1 heterocycles. The fourth-order valence-electron chi connectivity index (χ4n) is 5.23. The van der Waals surface area contributed by atoms with Crippen LogP contribution in [0.25, 0.3) is 10.8 Å². The highest BCUT2D eigenvalue weighted by Gasteiger charge is 2.39. The molecule has 47 heavy (non-hydrogen) atoms. The van der Waals surface area contributed by atoms with Crippen LogP contribution in [0.5, 0.6) is 5.75 Å². The summed E-state index contributed by atoms with van der Waals surface area (Å²) >= 11 is 3.59. The Bertz CT molecular complexity index is 1820. The van der Waals surface area contributed by atoms with Crippen LogP contribution in [-0.4, -0.2) is 87.5 Å². The van der Waals surface area contributed by atoms with E-state index in [1.54, 1.807) is 51.1 Å². The Hall–Kier alpha value is -4.17. The Morgan fingerprint density at radius 1 is 1.04 bits per heavy atom. The van der Waals surface area contributed by atoms with Crippen molar-refractivity contribution >= 4 is 71.7 Å². The van der Waals surface area contributed by atoms with Gasteiger partial charge in [0, 0.05) is 23.3 Å². The molecule has 0 fully saturated rings. The number of likely N-dealkylation sites (N-methyl/N-ethyl adjacent to an activating group) is 1. The number of halogens is 1. The van der Waals surface area contributed by atoms with E-state index >= 15 is 0 Å². The first-order chi connectivity index (χ1) is 21.9. The van der Waals surface area contributed by atoms with Gasteiger partial charge in [0.05, 0.1) is 31.6 Å². The van der Waals surface area contributed by atoms with Crippen molar-refractivity contribution in [2.75, 3.05) is 42.5 Å². The zero-order chi connectivity index (χ0) is 34.8. The number of benzene rings is 3. The maximum atomic E-state index is 14.5. The molecule has 2 atom stereocenters. The lowest BCUT2D eigenvalue weighted by atomic mass is 10.0. The maximum absolute atomic E-state index is 14.5. The summed E-state index contributed by atoms with van der Waals surface area (Å²) in [6.07, 6.45) is 0.213. The van der Waals surface area contributed by atoms with Crippen LogP contribution >= 0.6 is 15.9 Å². The van der Waals surface area contributed by atoms with Crippen LogP contribution in [0.1, 0.15) is 33.3 Å². The second-order valence-electron chi connectivity index (χ2n) is 12.4. The van der Waals surface area contributed by atoms with Gasteiger partial charge in [0.15, 0.2) is 9.84 Å². The van der Waals surface area contributed by atoms with Crippen molar-refractivity contribution in [3.8, 4) is 5.75 Å². The number of methoxy groups -OCH3 is 1. The molecule has 1 N–H and O–H groups in total. The number of amides is 4. The Labute approximate surface area is 283 Å². The van der Waals surface area contributed by atoms with Gasteiger partial charge in [0.25, 0.3) is 5.91 Å². The van der Waals surface area contributed by atoms with E-state index in [1.165, 1.54) is 30.9 Å². The van der Waals surface area contributed by atoms with Crippen molar-refractivity contribution in [2.24, 2.45) is 0 Å². The van der Waals surface area contributed by atoms with Crippen molar-refractivity contribution in [1.82, 2.24) is 10.2 Å². The lowest BCUT2D eigenvalue weighted by molar-refractivity contribution is -0.130. The smallest absolute Gasteiger partial charge is 0.410 e. The molecule has 0 saturated carbocycles. The molecule has 3 aromatic rings. The van der Waals surface area contributed by atoms with E-state index in [4.69, 9.17) is 9.47 Å². The standard InChI is InChI=1S/C33H39BrN4O8S/c1-20(36(5)32(42)46-33(2,3)4)30(40)35-25-18-37(29(39)19-47(7,43)44)26-13-8-9-14-27(26)38(31(25)41)17-23-21-11-10-12-24(34)22(21)15-16-28(23)45-6/h8-16,20,25H,17-19H2,1-7H3,(H,35,40)/t20-,25-/m0/s1. The molecule has 4 amide bonds. The summed E-state index contributed by atoms with van der Waals surface area (Å²) in [6.45, 7) is 6.22. The van der Waals surface area contributed by atoms with Crippen LogP contribution < -0.4 is 19.9 Å². The molecular formula is C33H39BrN4O8S. The molecule has 0 bridgehead atoms. The average molecular weight is 732 g/mol. The van der Waals surface area contributed by atoms with Gasteiger partial charge in [-0.15, -0.1) is 0 Å². The van der Waals surface area contributed by atoms with E-state index in [9.17, 15) is 27.6 Å². The van der Waals surface area contributed by atoms with E-state index in [0.717, 1.165) is 26.4 Å². The highest BCUT2D eigenvalue weighted by molar-refractivity contribution is 9.10. The molecule has 0 spiro atoms. The summed E-state index contributed by atoms with van der Waals surface area (Å²) in [6, 6.07) is 13.6. The molecule has 0 radical (unpaired) electrons. The first-order valence-corrected chi connectivity index (χ1v) is 17.7. The number of carbonyl (C=O) groups excluding carboxylic acids is 4. The van der Waals surface area contributed by atoms with Gasteiger partial charge in [0.2, 0.25) is 11.8 Å². The number of ether oxygens (including phenoxy) is 2. The van der Waals surface area contributed by atoms with E-state index in [-0.39, 0.29) is 13.1 Å². The molecule has 1 aliphatic heterocycles. The fourth-order valence-corrected chi connectivity index (χ4v) is 6.33. The topological polar surface area (TPSA) is 143 Å². The van der Waals surface area contributed by atoms with Crippen molar-refractivity contribution < 1.29 is 37.1 Å². The zero-order valence-electron chi connectivity index (χ0n) is 27.4. The minimum absolute atomic E-state index is 0.0132. The van der Waals surface area contributed by atoms with Crippen molar-refractivity contribution in [3.05, 3.63) is 64.6 Å². The van der Waals surface area contributed by atoms with E-state index in [1.807, 2.05) is 24.3 Å². The third kappa shape index (κ3) is 8.22. The van der Waals surface area contributed by atoms with E-state index in [0.29, 0.717) is 22.7 Å². The molecule has 1 aliphatic rings. The molecule has 4 rings (SSSR count). The van der Waals surface area contributed by atoms with Gasteiger partial charge in [-0.25, -0.2) is 13.2 Å².